The second-order valence-electron chi connectivity index (χ2n) is 6.35. The smallest absolute Gasteiger partial charge is 0.306 e. The van der Waals surface area contributed by atoms with Crippen molar-refractivity contribution in [1.29, 1.82) is 0 Å². The first kappa shape index (κ1) is 19.5. The van der Waals surface area contributed by atoms with Crippen LogP contribution in [0.1, 0.15) is 41.5 Å². The summed E-state index contributed by atoms with van der Waals surface area (Å²) < 4.78 is 53.1. The number of amides is 1. The summed E-state index contributed by atoms with van der Waals surface area (Å²) in [4.78, 5) is 16.1. The normalized spacial score (nSPS) is 11.7. The summed E-state index contributed by atoms with van der Waals surface area (Å²) in [5, 5.41) is 6.57. The number of benzene rings is 1. The number of halogens is 4. The minimum atomic E-state index is -4.61. The van der Waals surface area contributed by atoms with Gasteiger partial charge in [-0.15, -0.1) is 0 Å². The molecule has 5 nitrogen and oxygen atoms in total. The molecule has 0 atom stereocenters. The van der Waals surface area contributed by atoms with Gasteiger partial charge in [0.1, 0.15) is 17.3 Å². The average molecular weight is 392 g/mol. The molecule has 3 rings (SSSR count). The van der Waals surface area contributed by atoms with E-state index < -0.39 is 23.6 Å². The van der Waals surface area contributed by atoms with E-state index in [2.05, 4.69) is 15.4 Å². The highest BCUT2D eigenvalue weighted by atomic mass is 19.4. The maximum atomic E-state index is 13.2. The molecule has 0 spiro atoms. The quantitative estimate of drug-likeness (QED) is 0.649. The highest BCUT2D eigenvalue weighted by molar-refractivity contribution is 6.04. The zero-order chi connectivity index (χ0) is 20.5. The first-order valence-corrected chi connectivity index (χ1v) is 8.36. The van der Waals surface area contributed by atoms with E-state index in [4.69, 9.17) is 0 Å². The molecule has 0 aliphatic rings. The highest BCUT2D eigenvalue weighted by Gasteiger charge is 2.32. The zero-order valence-corrected chi connectivity index (χ0v) is 15.0. The van der Waals surface area contributed by atoms with Crippen LogP contribution in [0.25, 0.3) is 5.69 Å². The Hall–Kier alpha value is -3.23. The fourth-order valence-electron chi connectivity index (χ4n) is 2.72. The number of aromatic nitrogens is 3. The van der Waals surface area contributed by atoms with Gasteiger partial charge in [-0.1, -0.05) is 19.9 Å². The van der Waals surface area contributed by atoms with Crippen molar-refractivity contribution in [3.05, 3.63) is 71.4 Å². The third-order valence-corrected chi connectivity index (χ3v) is 3.95. The number of nitrogens with one attached hydrogen (secondary N) is 1. The standard InChI is InChI=1S/C19H16F4N4O/c1-11(2)17-14(10-24-27(17)13-8-6-12(20)7-9-13)18(28)26-16-5-3-4-15(25-16)19(21,22)23/h3-11H,1-2H3,(H,25,26,28). The van der Waals surface area contributed by atoms with E-state index in [9.17, 15) is 22.4 Å². The molecule has 0 bridgehead atoms. The summed E-state index contributed by atoms with van der Waals surface area (Å²) in [5.74, 6) is -1.40. The van der Waals surface area contributed by atoms with Gasteiger partial charge in [-0.25, -0.2) is 14.1 Å². The van der Waals surface area contributed by atoms with Crippen molar-refractivity contribution in [3.63, 3.8) is 0 Å². The monoisotopic (exact) mass is 392 g/mol. The second kappa shape index (κ2) is 7.41. The molecule has 28 heavy (non-hydrogen) atoms. The van der Waals surface area contributed by atoms with E-state index in [0.717, 1.165) is 12.1 Å². The summed E-state index contributed by atoms with van der Waals surface area (Å²) >= 11 is 0. The number of hydrogen-bond acceptors (Lipinski definition) is 3. The Morgan fingerprint density at radius 1 is 1.11 bits per heavy atom. The zero-order valence-electron chi connectivity index (χ0n) is 15.0. The molecule has 0 aliphatic carbocycles. The van der Waals surface area contributed by atoms with Crippen molar-refractivity contribution in [3.8, 4) is 5.69 Å². The lowest BCUT2D eigenvalue weighted by Gasteiger charge is -2.13. The van der Waals surface area contributed by atoms with Gasteiger partial charge < -0.3 is 5.32 Å². The molecular weight excluding hydrogens is 376 g/mol. The summed E-state index contributed by atoms with van der Waals surface area (Å²) in [5.41, 5.74) is 0.187. The molecule has 146 valence electrons. The number of carbonyl (C=O) groups is 1. The lowest BCUT2D eigenvalue weighted by Crippen LogP contribution is -2.17. The molecule has 2 heterocycles. The molecule has 3 aromatic rings. The van der Waals surface area contributed by atoms with Crippen LogP contribution in [0.2, 0.25) is 0 Å². The van der Waals surface area contributed by atoms with Gasteiger partial charge in [-0.2, -0.15) is 18.3 Å². The van der Waals surface area contributed by atoms with Gasteiger partial charge in [-0.3, -0.25) is 4.79 Å². The number of pyridine rings is 1. The predicted molar refractivity (Wildman–Crippen MR) is 94.8 cm³/mol. The third-order valence-electron chi connectivity index (χ3n) is 3.95. The van der Waals surface area contributed by atoms with Crippen LogP contribution >= 0.6 is 0 Å². The maximum Gasteiger partial charge on any atom is 0.433 e. The van der Waals surface area contributed by atoms with E-state index >= 15 is 0 Å². The lowest BCUT2D eigenvalue weighted by molar-refractivity contribution is -0.141. The number of alkyl halides is 3. The number of nitrogens with zero attached hydrogens (tertiary/aromatic N) is 3. The van der Waals surface area contributed by atoms with E-state index in [-0.39, 0.29) is 17.3 Å². The predicted octanol–water partition coefficient (Wildman–Crippen LogP) is 4.80. The topological polar surface area (TPSA) is 59.8 Å². The first-order valence-electron chi connectivity index (χ1n) is 8.36. The van der Waals surface area contributed by atoms with Crippen LogP contribution in [-0.2, 0) is 6.18 Å². The van der Waals surface area contributed by atoms with E-state index in [1.54, 1.807) is 0 Å². The second-order valence-corrected chi connectivity index (χ2v) is 6.35. The minimum absolute atomic E-state index is 0.136. The van der Waals surface area contributed by atoms with Crippen LogP contribution < -0.4 is 5.32 Å². The number of anilines is 1. The van der Waals surface area contributed by atoms with Gasteiger partial charge in [0.2, 0.25) is 0 Å². The Balaban J connectivity index is 1.93. The molecule has 2 aromatic heterocycles. The number of carbonyl (C=O) groups excluding carboxylic acids is 1. The summed E-state index contributed by atoms with van der Waals surface area (Å²) in [6, 6.07) is 8.83. The van der Waals surface area contributed by atoms with Crippen molar-refractivity contribution in [2.75, 3.05) is 5.32 Å². The van der Waals surface area contributed by atoms with Gasteiger partial charge in [-0.05, 0) is 42.3 Å². The van der Waals surface area contributed by atoms with E-state index in [1.165, 1.54) is 41.2 Å². The minimum Gasteiger partial charge on any atom is -0.306 e. The van der Waals surface area contributed by atoms with Crippen molar-refractivity contribution < 1.29 is 22.4 Å². The van der Waals surface area contributed by atoms with E-state index in [0.29, 0.717) is 11.4 Å². The number of hydrogen-bond donors (Lipinski definition) is 1. The van der Waals surface area contributed by atoms with Crippen LogP contribution in [0.15, 0.2) is 48.7 Å². The van der Waals surface area contributed by atoms with Gasteiger partial charge in [0, 0.05) is 0 Å². The van der Waals surface area contributed by atoms with Gasteiger partial charge >= 0.3 is 6.18 Å². The fourth-order valence-corrected chi connectivity index (χ4v) is 2.72. The average Bonchev–Trinajstić information content (AvgIpc) is 3.07. The Morgan fingerprint density at radius 2 is 1.79 bits per heavy atom. The van der Waals surface area contributed by atoms with Gasteiger partial charge in [0.05, 0.1) is 23.1 Å². The SMILES string of the molecule is CC(C)c1c(C(=O)Nc2cccc(C(F)(F)F)n2)cnn1-c1ccc(F)cc1. The summed E-state index contributed by atoms with van der Waals surface area (Å²) in [6.45, 7) is 3.69. The van der Waals surface area contributed by atoms with Crippen LogP contribution in [-0.4, -0.2) is 20.7 Å². The molecule has 9 heteroatoms. The molecule has 1 aromatic carbocycles. The molecule has 0 radical (unpaired) electrons. The van der Waals surface area contributed by atoms with Crippen molar-refractivity contribution in [1.82, 2.24) is 14.8 Å². The van der Waals surface area contributed by atoms with Gasteiger partial charge in [0.15, 0.2) is 0 Å². The van der Waals surface area contributed by atoms with Crippen molar-refractivity contribution in [2.45, 2.75) is 25.9 Å². The van der Waals surface area contributed by atoms with Crippen LogP contribution in [0.5, 0.6) is 0 Å². The van der Waals surface area contributed by atoms with Crippen molar-refractivity contribution >= 4 is 11.7 Å². The maximum absolute atomic E-state index is 13.2. The molecule has 0 saturated heterocycles. The molecule has 0 unspecified atom stereocenters. The Morgan fingerprint density at radius 3 is 2.39 bits per heavy atom. The Kier molecular flexibility index (Phi) is 5.17. The molecule has 1 N–H and O–H groups in total. The van der Waals surface area contributed by atoms with Crippen LogP contribution in [0.3, 0.4) is 0 Å². The molecular formula is C19H16F4N4O. The van der Waals surface area contributed by atoms with Crippen LogP contribution in [0.4, 0.5) is 23.4 Å². The number of rotatable bonds is 4. The van der Waals surface area contributed by atoms with E-state index in [1.807, 2.05) is 13.8 Å². The van der Waals surface area contributed by atoms with Crippen molar-refractivity contribution in [2.24, 2.45) is 0 Å². The third kappa shape index (κ3) is 4.03. The summed E-state index contributed by atoms with van der Waals surface area (Å²) in [6.07, 6.45) is -3.29. The molecule has 0 saturated carbocycles. The first-order chi connectivity index (χ1) is 13.2. The molecule has 0 aliphatic heterocycles. The molecule has 1 amide bonds. The highest BCUT2D eigenvalue weighted by Crippen LogP contribution is 2.28. The fraction of sp³-hybridized carbons (Fsp3) is 0.211. The lowest BCUT2D eigenvalue weighted by atomic mass is 10.0. The van der Waals surface area contributed by atoms with Gasteiger partial charge in [0.25, 0.3) is 5.91 Å². The Bertz CT molecular complexity index is 994. The summed E-state index contributed by atoms with van der Waals surface area (Å²) in [7, 11) is 0. The Labute approximate surface area is 158 Å². The molecule has 0 fully saturated rings. The largest absolute Gasteiger partial charge is 0.433 e. The van der Waals surface area contributed by atoms with Crippen LogP contribution in [0, 0.1) is 5.82 Å².